The minimum atomic E-state index is 0.696. The van der Waals surface area contributed by atoms with Gasteiger partial charge in [0.15, 0.2) is 5.65 Å². The van der Waals surface area contributed by atoms with E-state index in [9.17, 15) is 0 Å². The lowest BCUT2D eigenvalue weighted by Crippen LogP contribution is -2.46. The predicted octanol–water partition coefficient (Wildman–Crippen LogP) is 3.54. The Bertz CT molecular complexity index is 1130. The number of nitrogens with zero attached hydrogens (tertiary/aromatic N) is 6. The van der Waals surface area contributed by atoms with E-state index in [4.69, 9.17) is 4.74 Å². The fourth-order valence-electron chi connectivity index (χ4n) is 4.08. The molecule has 0 bridgehead atoms. The van der Waals surface area contributed by atoms with Crippen molar-refractivity contribution in [2.24, 2.45) is 0 Å². The molecular formula is C24H26N6O. The largest absolute Gasteiger partial charge is 0.494 e. The first-order chi connectivity index (χ1) is 15.3. The quantitative estimate of drug-likeness (QED) is 0.481. The number of fused-ring (bicyclic) bond motifs is 1. The molecule has 1 aliphatic heterocycles. The average molecular weight is 415 g/mol. The molecule has 2 aromatic heterocycles. The molecule has 0 radical (unpaired) electrons. The van der Waals surface area contributed by atoms with E-state index in [0.717, 1.165) is 61.0 Å². The average Bonchev–Trinajstić information content (AvgIpc) is 3.26. The zero-order chi connectivity index (χ0) is 21.0. The zero-order valence-corrected chi connectivity index (χ0v) is 17.7. The summed E-state index contributed by atoms with van der Waals surface area (Å²) in [5, 5.41) is 5.57. The lowest BCUT2D eigenvalue weighted by atomic mass is 10.2. The molecule has 0 saturated carbocycles. The summed E-state index contributed by atoms with van der Waals surface area (Å²) in [6, 6.07) is 18.5. The van der Waals surface area contributed by atoms with E-state index in [-0.39, 0.29) is 0 Å². The molecule has 1 aliphatic rings. The summed E-state index contributed by atoms with van der Waals surface area (Å²) < 4.78 is 7.42. The van der Waals surface area contributed by atoms with Crippen molar-refractivity contribution in [1.82, 2.24) is 24.6 Å². The molecule has 0 amide bonds. The number of para-hydroxylation sites is 1. The molecule has 5 rings (SSSR count). The molecular weight excluding hydrogens is 388 g/mol. The van der Waals surface area contributed by atoms with Crippen LogP contribution in [0.2, 0.25) is 0 Å². The number of ether oxygens (including phenoxy) is 1. The SMILES string of the molecule is CCOc1ccc(CN2CCN(c3ncnc4c3cnn4-c3ccccc3)CC2)cc1. The van der Waals surface area contributed by atoms with Crippen molar-refractivity contribution in [3.05, 3.63) is 72.7 Å². The first-order valence-corrected chi connectivity index (χ1v) is 10.7. The number of piperazine rings is 1. The van der Waals surface area contributed by atoms with Crippen LogP contribution in [0.15, 0.2) is 67.1 Å². The highest BCUT2D eigenvalue weighted by molar-refractivity contribution is 5.87. The van der Waals surface area contributed by atoms with Crippen molar-refractivity contribution >= 4 is 16.9 Å². The van der Waals surface area contributed by atoms with Crippen LogP contribution in [0.3, 0.4) is 0 Å². The van der Waals surface area contributed by atoms with Gasteiger partial charge in [0.25, 0.3) is 0 Å². The summed E-state index contributed by atoms with van der Waals surface area (Å²) in [7, 11) is 0. The van der Waals surface area contributed by atoms with E-state index in [2.05, 4.69) is 49.1 Å². The minimum absolute atomic E-state index is 0.696. The highest BCUT2D eigenvalue weighted by Crippen LogP contribution is 2.25. The number of hydrogen-bond donors (Lipinski definition) is 0. The van der Waals surface area contributed by atoms with Gasteiger partial charge in [0.2, 0.25) is 0 Å². The highest BCUT2D eigenvalue weighted by Gasteiger charge is 2.21. The Labute approximate surface area is 181 Å². The Balaban J connectivity index is 1.28. The Hall–Kier alpha value is -3.45. The maximum absolute atomic E-state index is 5.54. The van der Waals surface area contributed by atoms with Crippen LogP contribution in [0.25, 0.3) is 16.7 Å². The van der Waals surface area contributed by atoms with Gasteiger partial charge in [-0.2, -0.15) is 5.10 Å². The van der Waals surface area contributed by atoms with Crippen molar-refractivity contribution < 1.29 is 4.74 Å². The molecule has 1 fully saturated rings. The van der Waals surface area contributed by atoms with Crippen molar-refractivity contribution in [3.8, 4) is 11.4 Å². The fourth-order valence-corrected chi connectivity index (χ4v) is 4.08. The summed E-state index contributed by atoms with van der Waals surface area (Å²) in [5.74, 6) is 1.90. The first-order valence-electron chi connectivity index (χ1n) is 10.7. The number of benzene rings is 2. The van der Waals surface area contributed by atoms with Crippen LogP contribution < -0.4 is 9.64 Å². The molecule has 7 nitrogen and oxygen atoms in total. The third kappa shape index (κ3) is 4.09. The molecule has 0 spiro atoms. The molecule has 7 heteroatoms. The van der Waals surface area contributed by atoms with Gasteiger partial charge in [-0.15, -0.1) is 0 Å². The van der Waals surface area contributed by atoms with Gasteiger partial charge >= 0.3 is 0 Å². The van der Waals surface area contributed by atoms with Crippen molar-refractivity contribution in [1.29, 1.82) is 0 Å². The van der Waals surface area contributed by atoms with E-state index in [1.165, 1.54) is 5.56 Å². The van der Waals surface area contributed by atoms with Gasteiger partial charge < -0.3 is 9.64 Å². The second-order valence-electron chi connectivity index (χ2n) is 7.67. The lowest BCUT2D eigenvalue weighted by Gasteiger charge is -2.35. The zero-order valence-electron chi connectivity index (χ0n) is 17.7. The summed E-state index contributed by atoms with van der Waals surface area (Å²) in [6.07, 6.45) is 3.52. The van der Waals surface area contributed by atoms with Crippen LogP contribution in [0.5, 0.6) is 5.75 Å². The van der Waals surface area contributed by atoms with Gasteiger partial charge in [-0.25, -0.2) is 14.6 Å². The molecule has 158 valence electrons. The third-order valence-electron chi connectivity index (χ3n) is 5.66. The van der Waals surface area contributed by atoms with Crippen LogP contribution in [-0.2, 0) is 6.54 Å². The highest BCUT2D eigenvalue weighted by atomic mass is 16.5. The minimum Gasteiger partial charge on any atom is -0.494 e. The van der Waals surface area contributed by atoms with Crippen LogP contribution in [0, 0.1) is 0 Å². The predicted molar refractivity (Wildman–Crippen MR) is 122 cm³/mol. The summed E-state index contributed by atoms with van der Waals surface area (Å²) in [4.78, 5) is 13.9. The Morgan fingerprint density at radius 2 is 1.68 bits per heavy atom. The van der Waals surface area contributed by atoms with Crippen LogP contribution in [0.1, 0.15) is 12.5 Å². The normalized spacial score (nSPS) is 14.8. The number of rotatable bonds is 6. The smallest absolute Gasteiger partial charge is 0.168 e. The van der Waals surface area contributed by atoms with Crippen LogP contribution in [0.4, 0.5) is 5.82 Å². The third-order valence-corrected chi connectivity index (χ3v) is 5.66. The molecule has 0 N–H and O–H groups in total. The number of anilines is 1. The number of hydrogen-bond acceptors (Lipinski definition) is 6. The molecule has 1 saturated heterocycles. The molecule has 3 heterocycles. The standard InChI is InChI=1S/C24H26N6O/c1-2-31-21-10-8-19(9-11-21)17-28-12-14-29(15-13-28)23-22-16-27-30(24(22)26-18-25-23)20-6-4-3-5-7-20/h3-11,16,18H,2,12-15,17H2,1H3. The monoisotopic (exact) mass is 414 g/mol. The van der Waals surface area contributed by atoms with E-state index in [0.29, 0.717) is 6.61 Å². The van der Waals surface area contributed by atoms with Gasteiger partial charge in [0.1, 0.15) is 17.9 Å². The Kier molecular flexibility index (Phi) is 5.50. The van der Waals surface area contributed by atoms with Crippen LogP contribution in [-0.4, -0.2) is 57.4 Å². The molecule has 0 aliphatic carbocycles. The Morgan fingerprint density at radius 1 is 0.903 bits per heavy atom. The summed E-state index contributed by atoms with van der Waals surface area (Å²) >= 11 is 0. The second kappa shape index (κ2) is 8.73. The maximum atomic E-state index is 5.54. The topological polar surface area (TPSA) is 59.3 Å². The van der Waals surface area contributed by atoms with E-state index >= 15 is 0 Å². The lowest BCUT2D eigenvalue weighted by molar-refractivity contribution is 0.249. The number of aromatic nitrogens is 4. The van der Waals surface area contributed by atoms with E-state index < -0.39 is 0 Å². The molecule has 0 atom stereocenters. The maximum Gasteiger partial charge on any atom is 0.168 e. The molecule has 31 heavy (non-hydrogen) atoms. The fraction of sp³-hybridized carbons (Fsp3) is 0.292. The van der Waals surface area contributed by atoms with Gasteiger partial charge in [0, 0.05) is 32.7 Å². The summed E-state index contributed by atoms with van der Waals surface area (Å²) in [6.45, 7) is 7.50. The van der Waals surface area contributed by atoms with Gasteiger partial charge in [-0.05, 0) is 36.8 Å². The first kappa shape index (κ1) is 19.5. The second-order valence-corrected chi connectivity index (χ2v) is 7.67. The molecule has 2 aromatic carbocycles. The van der Waals surface area contributed by atoms with Crippen LogP contribution >= 0.6 is 0 Å². The van der Waals surface area contributed by atoms with Gasteiger partial charge in [-0.1, -0.05) is 30.3 Å². The molecule has 0 unspecified atom stereocenters. The van der Waals surface area contributed by atoms with Gasteiger partial charge in [-0.3, -0.25) is 4.90 Å². The van der Waals surface area contributed by atoms with Crippen molar-refractivity contribution in [2.75, 3.05) is 37.7 Å². The summed E-state index contributed by atoms with van der Waals surface area (Å²) in [5.41, 5.74) is 3.15. The van der Waals surface area contributed by atoms with Crippen molar-refractivity contribution in [2.45, 2.75) is 13.5 Å². The van der Waals surface area contributed by atoms with Gasteiger partial charge in [0.05, 0.1) is 23.9 Å². The van der Waals surface area contributed by atoms with Crippen molar-refractivity contribution in [3.63, 3.8) is 0 Å². The van der Waals surface area contributed by atoms with E-state index in [1.54, 1.807) is 6.33 Å². The van der Waals surface area contributed by atoms with E-state index in [1.807, 2.05) is 48.1 Å². The molecule has 4 aromatic rings. The Morgan fingerprint density at radius 3 is 2.42 bits per heavy atom.